The van der Waals surface area contributed by atoms with Gasteiger partial charge < -0.3 is 30.3 Å². The Bertz CT molecular complexity index is 775. The molecule has 11 heteroatoms. The van der Waals surface area contributed by atoms with Crippen LogP contribution in [0.25, 0.3) is 0 Å². The van der Waals surface area contributed by atoms with Gasteiger partial charge in [-0.1, -0.05) is 24.3 Å². The summed E-state index contributed by atoms with van der Waals surface area (Å²) >= 11 is 0. The van der Waals surface area contributed by atoms with Crippen LogP contribution in [-0.2, 0) is 22.2 Å². The summed E-state index contributed by atoms with van der Waals surface area (Å²) in [5.41, 5.74) is 8.02. The summed E-state index contributed by atoms with van der Waals surface area (Å²) in [5.74, 6) is 0.442. The van der Waals surface area contributed by atoms with Crippen LogP contribution in [-0.4, -0.2) is 53.5 Å². The average molecular weight is 409 g/mol. The van der Waals surface area contributed by atoms with E-state index in [-0.39, 0.29) is 37.0 Å². The van der Waals surface area contributed by atoms with E-state index in [1.54, 1.807) is 26.3 Å². The Morgan fingerprint density at radius 1 is 1.21 bits per heavy atom. The predicted molar refractivity (Wildman–Crippen MR) is 107 cm³/mol. The lowest BCUT2D eigenvalue weighted by Gasteiger charge is -2.21. The van der Waals surface area contributed by atoms with E-state index in [9.17, 15) is 4.79 Å². The molecule has 10 nitrogen and oxygen atoms in total. The number of nitrogens with two attached hydrogens (primary N) is 1. The van der Waals surface area contributed by atoms with Crippen LogP contribution in [0, 0.1) is 0 Å². The van der Waals surface area contributed by atoms with Crippen LogP contribution in [0.1, 0.15) is 11.1 Å². The fourth-order valence-corrected chi connectivity index (χ4v) is 2.98. The molecule has 0 aliphatic rings. The number of rotatable bonds is 11. The Labute approximate surface area is 164 Å². The van der Waals surface area contributed by atoms with E-state index < -0.39 is 8.38 Å². The number of nitrogens with one attached hydrogen (secondary N) is 1. The van der Waals surface area contributed by atoms with Crippen LogP contribution >= 0.6 is 8.38 Å². The van der Waals surface area contributed by atoms with Gasteiger partial charge in [-0.3, -0.25) is 9.69 Å². The summed E-state index contributed by atoms with van der Waals surface area (Å²) in [5, 5.41) is 2.91. The molecule has 0 saturated carbocycles. The van der Waals surface area contributed by atoms with Gasteiger partial charge in [-0.2, -0.15) is 9.97 Å². The first-order valence-electron chi connectivity index (χ1n) is 8.40. The van der Waals surface area contributed by atoms with Crippen LogP contribution in [0.4, 0.5) is 17.3 Å². The molecule has 5 N–H and O–H groups in total. The van der Waals surface area contributed by atoms with Crippen LogP contribution in [0.15, 0.2) is 24.3 Å². The Morgan fingerprint density at radius 2 is 1.89 bits per heavy atom. The zero-order valence-electron chi connectivity index (χ0n) is 15.7. The Kier molecular flexibility index (Phi) is 8.34. The van der Waals surface area contributed by atoms with E-state index in [4.69, 9.17) is 25.0 Å². The molecule has 2 rings (SSSR count). The van der Waals surface area contributed by atoms with E-state index in [1.807, 2.05) is 12.1 Å². The van der Waals surface area contributed by atoms with Gasteiger partial charge in [0.2, 0.25) is 6.41 Å². The van der Waals surface area contributed by atoms with Crippen molar-refractivity contribution in [3.63, 3.8) is 0 Å². The largest absolute Gasteiger partial charge is 0.461 e. The highest BCUT2D eigenvalue weighted by Gasteiger charge is 2.18. The van der Waals surface area contributed by atoms with Crippen LogP contribution < -0.4 is 20.7 Å². The molecule has 28 heavy (non-hydrogen) atoms. The SMILES string of the molecule is CNc1c(N)nc(OCCOC)nc1N(C=O)Cc1ccc(CP(O)O)cc1. The molecule has 1 heterocycles. The van der Waals surface area contributed by atoms with Gasteiger partial charge >= 0.3 is 6.01 Å². The van der Waals surface area contributed by atoms with Gasteiger partial charge in [-0.25, -0.2) is 0 Å². The molecule has 0 radical (unpaired) electrons. The van der Waals surface area contributed by atoms with Crippen molar-refractivity contribution in [2.45, 2.75) is 12.7 Å². The highest BCUT2D eigenvalue weighted by molar-refractivity contribution is 7.44. The van der Waals surface area contributed by atoms with Gasteiger partial charge in [0.05, 0.1) is 13.2 Å². The highest BCUT2D eigenvalue weighted by Crippen LogP contribution is 2.31. The van der Waals surface area contributed by atoms with Gasteiger partial charge in [0, 0.05) is 20.3 Å². The predicted octanol–water partition coefficient (Wildman–Crippen LogP) is 1.09. The van der Waals surface area contributed by atoms with Crippen molar-refractivity contribution in [1.82, 2.24) is 9.97 Å². The number of carbonyl (C=O) groups is 1. The fourth-order valence-electron chi connectivity index (χ4n) is 2.45. The monoisotopic (exact) mass is 409 g/mol. The second-order valence-corrected chi connectivity index (χ2v) is 6.82. The summed E-state index contributed by atoms with van der Waals surface area (Å²) < 4.78 is 10.4. The van der Waals surface area contributed by atoms with E-state index in [0.717, 1.165) is 11.1 Å². The number of hydrogen-bond donors (Lipinski definition) is 4. The molecule has 0 saturated heterocycles. The molecule has 1 amide bonds. The normalized spacial score (nSPS) is 10.8. The van der Waals surface area contributed by atoms with Gasteiger partial charge in [0.25, 0.3) is 0 Å². The van der Waals surface area contributed by atoms with Gasteiger partial charge in [-0.15, -0.1) is 0 Å². The van der Waals surface area contributed by atoms with E-state index in [0.29, 0.717) is 18.7 Å². The Morgan fingerprint density at radius 3 is 2.46 bits per heavy atom. The van der Waals surface area contributed by atoms with Crippen molar-refractivity contribution in [3.05, 3.63) is 35.4 Å². The molecule has 0 spiro atoms. The average Bonchev–Trinajstić information content (AvgIpc) is 2.67. The summed E-state index contributed by atoms with van der Waals surface area (Å²) in [4.78, 5) is 39.7. The maximum Gasteiger partial charge on any atom is 0.320 e. The summed E-state index contributed by atoms with van der Waals surface area (Å²) in [6, 6.07) is 7.23. The molecule has 0 atom stereocenters. The van der Waals surface area contributed by atoms with Crippen LogP contribution in [0.3, 0.4) is 0 Å². The van der Waals surface area contributed by atoms with Crippen molar-refractivity contribution in [3.8, 4) is 6.01 Å². The first-order valence-corrected chi connectivity index (χ1v) is 9.83. The molecule has 1 aromatic heterocycles. The molecule has 152 valence electrons. The van der Waals surface area contributed by atoms with E-state index in [1.165, 1.54) is 4.90 Å². The molecule has 1 aromatic carbocycles. The minimum atomic E-state index is -1.99. The maximum absolute atomic E-state index is 11.7. The molecule has 0 unspecified atom stereocenters. The number of nitrogens with zero attached hydrogens (tertiary/aromatic N) is 3. The van der Waals surface area contributed by atoms with Crippen molar-refractivity contribution in [2.75, 3.05) is 43.3 Å². The summed E-state index contributed by atoms with van der Waals surface area (Å²) in [7, 11) is 1.22. The zero-order valence-corrected chi connectivity index (χ0v) is 16.6. The molecule has 0 aliphatic carbocycles. The second-order valence-electron chi connectivity index (χ2n) is 5.76. The van der Waals surface area contributed by atoms with Crippen LogP contribution in [0.2, 0.25) is 0 Å². The smallest absolute Gasteiger partial charge is 0.320 e. The van der Waals surface area contributed by atoms with Gasteiger partial charge in [0.15, 0.2) is 20.0 Å². The Balaban J connectivity index is 2.24. The molecular weight excluding hydrogens is 385 g/mol. The number of ether oxygens (including phenoxy) is 2. The highest BCUT2D eigenvalue weighted by atomic mass is 31.2. The van der Waals surface area contributed by atoms with Crippen molar-refractivity contribution in [2.24, 2.45) is 0 Å². The van der Waals surface area contributed by atoms with E-state index >= 15 is 0 Å². The number of anilines is 3. The maximum atomic E-state index is 11.7. The third-order valence-corrected chi connectivity index (χ3v) is 4.41. The van der Waals surface area contributed by atoms with E-state index in [2.05, 4.69) is 15.3 Å². The number of aromatic nitrogens is 2. The summed E-state index contributed by atoms with van der Waals surface area (Å²) in [6.07, 6.45) is 0.845. The Hall–Kier alpha value is -2.52. The van der Waals surface area contributed by atoms with Gasteiger partial charge in [-0.05, 0) is 11.1 Å². The third-order valence-electron chi connectivity index (χ3n) is 3.77. The molecule has 0 bridgehead atoms. The topological polar surface area (TPSA) is 143 Å². The molecule has 2 aromatic rings. The lowest BCUT2D eigenvalue weighted by molar-refractivity contribution is -0.107. The molecular formula is C17H24N5O5P. The lowest BCUT2D eigenvalue weighted by Crippen LogP contribution is -2.24. The van der Waals surface area contributed by atoms with Crippen LogP contribution in [0.5, 0.6) is 6.01 Å². The number of benzene rings is 1. The number of methoxy groups -OCH3 is 1. The first kappa shape index (κ1) is 21.8. The molecule has 0 aliphatic heterocycles. The quantitative estimate of drug-likeness (QED) is 0.243. The minimum Gasteiger partial charge on any atom is -0.461 e. The number of amides is 1. The minimum absolute atomic E-state index is 0.0463. The zero-order chi connectivity index (χ0) is 20.5. The fraction of sp³-hybridized carbons (Fsp3) is 0.353. The lowest BCUT2D eigenvalue weighted by atomic mass is 10.1. The van der Waals surface area contributed by atoms with Crippen molar-refractivity contribution >= 4 is 32.1 Å². The first-order chi connectivity index (χ1) is 13.5. The molecule has 0 fully saturated rings. The van der Waals surface area contributed by atoms with Crippen molar-refractivity contribution < 1.29 is 24.1 Å². The number of carbonyl (C=O) groups excluding carboxylic acids is 1. The number of hydrogen-bond acceptors (Lipinski definition) is 9. The summed E-state index contributed by atoms with van der Waals surface area (Å²) in [6.45, 7) is 0.842. The number of nitrogen functional groups attached to an aromatic ring is 1. The van der Waals surface area contributed by atoms with Crippen molar-refractivity contribution in [1.29, 1.82) is 0 Å². The second kappa shape index (κ2) is 10.7. The van der Waals surface area contributed by atoms with Gasteiger partial charge in [0.1, 0.15) is 12.3 Å². The third kappa shape index (κ3) is 6.00. The standard InChI is InChI=1S/C17H24N5O5P/c1-19-14-15(18)20-17(27-8-7-26-2)21-16(14)22(11-23)9-12-3-5-13(6-4-12)10-28(24)25/h3-6,11,19,24-25H,7-10H2,1-2H3,(H2,18,20,21).